The van der Waals surface area contributed by atoms with Gasteiger partial charge in [0, 0.05) is 12.6 Å². The molecule has 0 aliphatic heterocycles. The van der Waals surface area contributed by atoms with Gasteiger partial charge in [-0.3, -0.25) is 9.59 Å². The summed E-state index contributed by atoms with van der Waals surface area (Å²) in [6.07, 6.45) is 2.82. The molecular formula is C18H22N4O3S. The first-order valence-corrected chi connectivity index (χ1v) is 9.27. The number of nitrogens with one attached hydrogen (secondary N) is 2. The molecule has 3 rings (SSSR count). The molecule has 26 heavy (non-hydrogen) atoms. The van der Waals surface area contributed by atoms with Crippen LogP contribution in [0, 0.1) is 0 Å². The Hall–Kier alpha value is -2.45. The molecule has 0 unspecified atom stereocenters. The Morgan fingerprint density at radius 2 is 2.12 bits per heavy atom. The molecule has 0 radical (unpaired) electrons. The molecule has 7 nitrogen and oxygen atoms in total. The van der Waals surface area contributed by atoms with E-state index in [4.69, 9.17) is 4.74 Å². The summed E-state index contributed by atoms with van der Waals surface area (Å²) < 4.78 is 5.53. The van der Waals surface area contributed by atoms with Crippen molar-refractivity contribution in [2.45, 2.75) is 18.4 Å². The maximum atomic E-state index is 12.5. The van der Waals surface area contributed by atoms with Crippen LogP contribution in [-0.4, -0.2) is 54.5 Å². The molecule has 2 amide bonds. The molecule has 0 bridgehead atoms. The summed E-state index contributed by atoms with van der Waals surface area (Å²) in [7, 11) is 3.95. The van der Waals surface area contributed by atoms with E-state index >= 15 is 0 Å². The first kappa shape index (κ1) is 18.3. The third-order valence-electron chi connectivity index (χ3n) is 4.07. The zero-order valence-corrected chi connectivity index (χ0v) is 15.6. The van der Waals surface area contributed by atoms with E-state index in [1.165, 1.54) is 11.3 Å². The highest BCUT2D eigenvalue weighted by atomic mass is 32.1. The first-order valence-electron chi connectivity index (χ1n) is 8.40. The number of carbonyl (C=O) groups excluding carboxylic acids is 2. The van der Waals surface area contributed by atoms with Gasteiger partial charge in [-0.2, -0.15) is 0 Å². The van der Waals surface area contributed by atoms with E-state index < -0.39 is 5.54 Å². The van der Waals surface area contributed by atoms with Crippen molar-refractivity contribution >= 4 is 28.8 Å². The van der Waals surface area contributed by atoms with Crippen molar-refractivity contribution in [1.82, 2.24) is 15.2 Å². The Bertz CT molecular complexity index is 755. The van der Waals surface area contributed by atoms with Crippen LogP contribution in [0.25, 0.3) is 0 Å². The van der Waals surface area contributed by atoms with Crippen LogP contribution in [0.4, 0.5) is 5.69 Å². The first-order chi connectivity index (χ1) is 12.5. The second-order valence-corrected chi connectivity index (χ2v) is 7.45. The lowest BCUT2D eigenvalue weighted by Crippen LogP contribution is -2.45. The van der Waals surface area contributed by atoms with Gasteiger partial charge in [-0.25, -0.2) is 4.98 Å². The molecular weight excluding hydrogens is 352 g/mol. The fourth-order valence-corrected chi connectivity index (χ4v) is 2.96. The lowest BCUT2D eigenvalue weighted by molar-refractivity contribution is -0.118. The summed E-state index contributed by atoms with van der Waals surface area (Å²) in [6.45, 7) is 1.34. The number of likely N-dealkylation sites (N-methyl/N-ethyl adjacent to an activating group) is 1. The summed E-state index contributed by atoms with van der Waals surface area (Å²) in [5.74, 6) is 0.0814. The van der Waals surface area contributed by atoms with E-state index in [2.05, 4.69) is 15.6 Å². The highest BCUT2D eigenvalue weighted by molar-refractivity contribution is 7.12. The molecule has 0 aromatic carbocycles. The zero-order valence-electron chi connectivity index (χ0n) is 14.8. The third-order valence-corrected chi connectivity index (χ3v) is 4.93. The second kappa shape index (κ2) is 7.84. The summed E-state index contributed by atoms with van der Waals surface area (Å²) in [6, 6.07) is 7.02. The monoisotopic (exact) mass is 374 g/mol. The number of hydrogen-bond acceptors (Lipinski definition) is 6. The van der Waals surface area contributed by atoms with Crippen molar-refractivity contribution in [1.29, 1.82) is 0 Å². The van der Waals surface area contributed by atoms with E-state index in [1.54, 1.807) is 24.4 Å². The Kier molecular flexibility index (Phi) is 5.53. The van der Waals surface area contributed by atoms with Crippen molar-refractivity contribution in [2.75, 3.05) is 32.6 Å². The smallest absolute Gasteiger partial charge is 0.262 e. The van der Waals surface area contributed by atoms with Crippen LogP contribution in [0.15, 0.2) is 35.8 Å². The van der Waals surface area contributed by atoms with Gasteiger partial charge in [0.15, 0.2) is 0 Å². The number of nitrogens with zero attached hydrogens (tertiary/aromatic N) is 2. The normalized spacial score (nSPS) is 14.7. The molecule has 1 fully saturated rings. The minimum Gasteiger partial charge on any atom is -0.476 e. The molecule has 1 aliphatic carbocycles. The molecule has 1 saturated carbocycles. The van der Waals surface area contributed by atoms with Crippen LogP contribution in [0.3, 0.4) is 0 Å². The van der Waals surface area contributed by atoms with Gasteiger partial charge < -0.3 is 20.3 Å². The predicted molar refractivity (Wildman–Crippen MR) is 101 cm³/mol. The van der Waals surface area contributed by atoms with Gasteiger partial charge in [0.2, 0.25) is 11.8 Å². The summed E-state index contributed by atoms with van der Waals surface area (Å²) >= 11 is 1.35. The Morgan fingerprint density at radius 3 is 2.69 bits per heavy atom. The van der Waals surface area contributed by atoms with E-state index in [-0.39, 0.29) is 11.8 Å². The fourth-order valence-electron chi connectivity index (χ4n) is 2.34. The Labute approximate surface area is 156 Å². The topological polar surface area (TPSA) is 83.6 Å². The molecule has 138 valence electrons. The van der Waals surface area contributed by atoms with Crippen molar-refractivity contribution < 1.29 is 14.3 Å². The van der Waals surface area contributed by atoms with E-state index in [0.717, 1.165) is 6.54 Å². The van der Waals surface area contributed by atoms with Gasteiger partial charge in [0.1, 0.15) is 12.1 Å². The molecule has 8 heteroatoms. The van der Waals surface area contributed by atoms with E-state index in [9.17, 15) is 9.59 Å². The fraction of sp³-hybridized carbons (Fsp3) is 0.389. The highest BCUT2D eigenvalue weighted by Crippen LogP contribution is 2.37. The quantitative estimate of drug-likeness (QED) is 0.738. The number of thiophene rings is 1. The van der Waals surface area contributed by atoms with Crippen LogP contribution in [0.2, 0.25) is 0 Å². The Balaban J connectivity index is 1.53. The van der Waals surface area contributed by atoms with Crippen LogP contribution >= 0.6 is 11.3 Å². The summed E-state index contributed by atoms with van der Waals surface area (Å²) in [4.78, 5) is 31.6. The van der Waals surface area contributed by atoms with Crippen LogP contribution in [0.5, 0.6) is 5.88 Å². The SMILES string of the molecule is CN(C)CCOc1ccc(NC(=O)C2(NC(=O)c3cccs3)CC2)cn1. The van der Waals surface area contributed by atoms with Gasteiger partial charge in [-0.15, -0.1) is 11.3 Å². The van der Waals surface area contributed by atoms with Crippen molar-refractivity contribution in [3.63, 3.8) is 0 Å². The van der Waals surface area contributed by atoms with Crippen molar-refractivity contribution in [3.8, 4) is 5.88 Å². The Morgan fingerprint density at radius 1 is 1.31 bits per heavy atom. The summed E-state index contributed by atoms with van der Waals surface area (Å²) in [5, 5.41) is 7.51. The third kappa shape index (κ3) is 4.59. The minimum absolute atomic E-state index is 0.213. The van der Waals surface area contributed by atoms with Gasteiger partial charge in [-0.05, 0) is 44.4 Å². The number of pyridine rings is 1. The van der Waals surface area contributed by atoms with Crippen LogP contribution in [0.1, 0.15) is 22.5 Å². The van der Waals surface area contributed by atoms with E-state index in [0.29, 0.717) is 35.9 Å². The van der Waals surface area contributed by atoms with Gasteiger partial charge in [0.25, 0.3) is 5.91 Å². The molecule has 2 aromatic heterocycles. The van der Waals surface area contributed by atoms with Crippen molar-refractivity contribution in [3.05, 3.63) is 40.7 Å². The lowest BCUT2D eigenvalue weighted by atomic mass is 10.2. The zero-order chi connectivity index (χ0) is 18.6. The molecule has 0 saturated heterocycles. The molecule has 2 N–H and O–H groups in total. The predicted octanol–water partition coefficient (Wildman–Crippen LogP) is 1.98. The maximum Gasteiger partial charge on any atom is 0.262 e. The number of ether oxygens (including phenoxy) is 1. The molecule has 0 atom stereocenters. The second-order valence-electron chi connectivity index (χ2n) is 6.50. The number of aromatic nitrogens is 1. The number of amides is 2. The number of rotatable bonds is 8. The summed E-state index contributed by atoms with van der Waals surface area (Å²) in [5.41, 5.74) is -0.242. The standard InChI is InChI=1S/C18H22N4O3S/c1-22(2)9-10-25-15-6-5-13(12-19-15)20-17(24)18(7-8-18)21-16(23)14-4-3-11-26-14/h3-6,11-12H,7-10H2,1-2H3,(H,20,24)(H,21,23). The molecule has 1 aliphatic rings. The lowest BCUT2D eigenvalue weighted by Gasteiger charge is -2.17. The molecule has 0 spiro atoms. The van der Waals surface area contributed by atoms with Gasteiger partial charge >= 0.3 is 0 Å². The average molecular weight is 374 g/mol. The average Bonchev–Trinajstić information content (AvgIpc) is 3.18. The molecule has 2 heterocycles. The minimum atomic E-state index is -0.818. The highest BCUT2D eigenvalue weighted by Gasteiger charge is 2.51. The van der Waals surface area contributed by atoms with Crippen LogP contribution < -0.4 is 15.4 Å². The van der Waals surface area contributed by atoms with Crippen molar-refractivity contribution in [2.24, 2.45) is 0 Å². The molecule has 2 aromatic rings. The number of hydrogen-bond donors (Lipinski definition) is 2. The van der Waals surface area contributed by atoms with E-state index in [1.807, 2.05) is 30.4 Å². The van der Waals surface area contributed by atoms with Gasteiger partial charge in [0.05, 0.1) is 16.8 Å². The largest absolute Gasteiger partial charge is 0.476 e. The van der Waals surface area contributed by atoms with Crippen LogP contribution in [-0.2, 0) is 4.79 Å². The van der Waals surface area contributed by atoms with Gasteiger partial charge in [-0.1, -0.05) is 6.07 Å². The number of anilines is 1. The number of carbonyl (C=O) groups is 2. The maximum absolute atomic E-state index is 12.5.